The lowest BCUT2D eigenvalue weighted by Gasteiger charge is -2.32. The van der Waals surface area contributed by atoms with Crippen LogP contribution in [0.2, 0.25) is 0 Å². The fraction of sp³-hybridized carbons (Fsp3) is 0.429. The molecule has 0 radical (unpaired) electrons. The lowest BCUT2D eigenvalue weighted by atomic mass is 9.80. The van der Waals surface area contributed by atoms with Crippen molar-refractivity contribution >= 4 is 22.8 Å². The van der Waals surface area contributed by atoms with E-state index in [9.17, 15) is 9.59 Å². The summed E-state index contributed by atoms with van der Waals surface area (Å²) in [7, 11) is 4.07. The SMILES string of the molecule is CN(C)C[C@@]12CN(C(=O)c3ccoc3)C[C@@H]1CN(C(=O)c1ccc3n[nH]nc3c1)C2. The highest BCUT2D eigenvalue weighted by atomic mass is 16.3. The second-order valence-corrected chi connectivity index (χ2v) is 8.71. The molecule has 0 aliphatic carbocycles. The summed E-state index contributed by atoms with van der Waals surface area (Å²) in [6.07, 6.45) is 3.01. The Morgan fingerprint density at radius 1 is 1.10 bits per heavy atom. The van der Waals surface area contributed by atoms with Crippen LogP contribution in [0.3, 0.4) is 0 Å². The third-order valence-electron chi connectivity index (χ3n) is 6.30. The average molecular weight is 408 g/mol. The molecule has 156 valence electrons. The normalized spacial score (nSPS) is 23.5. The first-order chi connectivity index (χ1) is 14.4. The number of hydrogen-bond donors (Lipinski definition) is 1. The van der Waals surface area contributed by atoms with Gasteiger partial charge >= 0.3 is 0 Å². The number of likely N-dealkylation sites (tertiary alicyclic amines) is 2. The topological polar surface area (TPSA) is 98.6 Å². The minimum absolute atomic E-state index is 0.000132. The largest absolute Gasteiger partial charge is 0.472 e. The minimum Gasteiger partial charge on any atom is -0.472 e. The smallest absolute Gasteiger partial charge is 0.257 e. The van der Waals surface area contributed by atoms with Crippen molar-refractivity contribution in [2.45, 2.75) is 0 Å². The molecule has 30 heavy (non-hydrogen) atoms. The van der Waals surface area contributed by atoms with Crippen molar-refractivity contribution in [2.24, 2.45) is 11.3 Å². The van der Waals surface area contributed by atoms with Gasteiger partial charge in [-0.3, -0.25) is 9.59 Å². The molecule has 9 nitrogen and oxygen atoms in total. The van der Waals surface area contributed by atoms with Crippen LogP contribution in [0.15, 0.2) is 41.2 Å². The van der Waals surface area contributed by atoms with Crippen LogP contribution in [-0.4, -0.2) is 88.7 Å². The van der Waals surface area contributed by atoms with Crippen molar-refractivity contribution < 1.29 is 14.0 Å². The molecule has 0 spiro atoms. The number of benzene rings is 1. The number of nitrogens with one attached hydrogen (secondary N) is 1. The molecule has 0 bridgehead atoms. The Bertz CT molecular complexity index is 1090. The molecule has 0 saturated carbocycles. The maximum absolute atomic E-state index is 13.2. The highest BCUT2D eigenvalue weighted by Gasteiger charge is 2.54. The Morgan fingerprint density at radius 3 is 2.47 bits per heavy atom. The van der Waals surface area contributed by atoms with Crippen LogP contribution in [0.25, 0.3) is 11.0 Å². The second-order valence-electron chi connectivity index (χ2n) is 8.71. The fourth-order valence-corrected chi connectivity index (χ4v) is 5.07. The first-order valence-corrected chi connectivity index (χ1v) is 10.0. The number of furan rings is 1. The number of amides is 2. The summed E-state index contributed by atoms with van der Waals surface area (Å²) >= 11 is 0. The quantitative estimate of drug-likeness (QED) is 0.699. The summed E-state index contributed by atoms with van der Waals surface area (Å²) in [5, 5.41) is 10.7. The molecule has 1 aromatic carbocycles. The third-order valence-corrected chi connectivity index (χ3v) is 6.30. The Hall–Kier alpha value is -3.20. The van der Waals surface area contributed by atoms with E-state index in [0.29, 0.717) is 42.8 Å². The molecule has 2 aromatic heterocycles. The molecule has 3 aromatic rings. The van der Waals surface area contributed by atoms with Gasteiger partial charge in [0, 0.05) is 49.6 Å². The minimum atomic E-state index is -0.142. The standard InChI is InChI=1S/C21H24N6O3/c1-25(2)11-21-12-26(19(28)14-3-4-17-18(7-14)23-24-22-17)8-16(21)9-27(13-21)20(29)15-5-6-30-10-15/h3-7,10,16H,8-9,11-13H2,1-2H3,(H,22,23,24)/t16-,21+/m0/s1. The first-order valence-electron chi connectivity index (χ1n) is 10.0. The van der Waals surface area contributed by atoms with Crippen LogP contribution in [0.1, 0.15) is 20.7 Å². The van der Waals surface area contributed by atoms with Crippen LogP contribution < -0.4 is 0 Å². The van der Waals surface area contributed by atoms with Crippen molar-refractivity contribution in [3.8, 4) is 0 Å². The van der Waals surface area contributed by atoms with Crippen LogP contribution in [-0.2, 0) is 0 Å². The Labute approximate surface area is 173 Å². The monoisotopic (exact) mass is 408 g/mol. The van der Waals surface area contributed by atoms with E-state index in [4.69, 9.17) is 4.42 Å². The third kappa shape index (κ3) is 3.06. The number of hydrogen-bond acceptors (Lipinski definition) is 6. The average Bonchev–Trinajstić information content (AvgIpc) is 3.48. The highest BCUT2D eigenvalue weighted by molar-refractivity contribution is 5.97. The molecule has 4 heterocycles. The Kier molecular flexibility index (Phi) is 4.35. The molecular weight excluding hydrogens is 384 g/mol. The summed E-state index contributed by atoms with van der Waals surface area (Å²) in [4.78, 5) is 32.1. The molecule has 5 rings (SSSR count). The van der Waals surface area contributed by atoms with E-state index < -0.39 is 0 Å². The van der Waals surface area contributed by atoms with Gasteiger partial charge in [-0.2, -0.15) is 15.4 Å². The van der Waals surface area contributed by atoms with E-state index in [-0.39, 0.29) is 23.1 Å². The summed E-state index contributed by atoms with van der Waals surface area (Å²) in [5.41, 5.74) is 2.46. The van der Waals surface area contributed by atoms with Gasteiger partial charge in [-0.25, -0.2) is 0 Å². The van der Waals surface area contributed by atoms with Gasteiger partial charge in [0.25, 0.3) is 11.8 Å². The van der Waals surface area contributed by atoms with Gasteiger partial charge in [-0.1, -0.05) is 0 Å². The van der Waals surface area contributed by atoms with Gasteiger partial charge in [-0.15, -0.1) is 0 Å². The van der Waals surface area contributed by atoms with Gasteiger partial charge in [0.1, 0.15) is 17.3 Å². The zero-order valence-corrected chi connectivity index (χ0v) is 17.0. The van der Waals surface area contributed by atoms with Crippen molar-refractivity contribution in [2.75, 3.05) is 46.8 Å². The predicted molar refractivity (Wildman–Crippen MR) is 109 cm³/mol. The maximum Gasteiger partial charge on any atom is 0.257 e. The fourth-order valence-electron chi connectivity index (χ4n) is 5.07. The summed E-state index contributed by atoms with van der Waals surface area (Å²) in [6, 6.07) is 7.09. The highest BCUT2D eigenvalue weighted by Crippen LogP contribution is 2.43. The van der Waals surface area contributed by atoms with E-state index in [1.54, 1.807) is 18.2 Å². The maximum atomic E-state index is 13.2. The lowest BCUT2D eigenvalue weighted by Crippen LogP contribution is -2.43. The van der Waals surface area contributed by atoms with Crippen LogP contribution in [0, 0.1) is 11.3 Å². The molecular formula is C21H24N6O3. The lowest BCUT2D eigenvalue weighted by molar-refractivity contribution is 0.0701. The number of aromatic amines is 1. The van der Waals surface area contributed by atoms with E-state index in [2.05, 4.69) is 20.3 Å². The molecule has 1 N–H and O–H groups in total. The Morgan fingerprint density at radius 2 is 1.80 bits per heavy atom. The summed E-state index contributed by atoms with van der Waals surface area (Å²) < 4.78 is 5.08. The number of carbonyl (C=O) groups excluding carboxylic acids is 2. The van der Waals surface area contributed by atoms with Gasteiger partial charge < -0.3 is 19.1 Å². The van der Waals surface area contributed by atoms with Crippen LogP contribution in [0.4, 0.5) is 0 Å². The summed E-state index contributed by atoms with van der Waals surface area (Å²) in [6.45, 7) is 3.36. The molecule has 2 fully saturated rings. The second kappa shape index (κ2) is 6.94. The molecule has 0 unspecified atom stereocenters. The van der Waals surface area contributed by atoms with Gasteiger partial charge in [0.15, 0.2) is 0 Å². The van der Waals surface area contributed by atoms with Gasteiger partial charge in [0.2, 0.25) is 0 Å². The number of nitrogens with zero attached hydrogens (tertiary/aromatic N) is 5. The van der Waals surface area contributed by atoms with E-state index in [0.717, 1.165) is 12.1 Å². The number of rotatable bonds is 4. The molecule has 2 aliphatic rings. The predicted octanol–water partition coefficient (Wildman–Crippen LogP) is 1.33. The van der Waals surface area contributed by atoms with Crippen molar-refractivity contribution in [1.29, 1.82) is 0 Å². The molecule has 2 amide bonds. The molecule has 2 saturated heterocycles. The number of H-pyrrole nitrogens is 1. The van der Waals surface area contributed by atoms with E-state index >= 15 is 0 Å². The Balaban J connectivity index is 1.37. The molecule has 9 heteroatoms. The molecule has 2 atom stereocenters. The van der Waals surface area contributed by atoms with Gasteiger partial charge in [-0.05, 0) is 38.4 Å². The van der Waals surface area contributed by atoms with E-state index in [1.807, 2.05) is 30.0 Å². The van der Waals surface area contributed by atoms with Crippen molar-refractivity contribution in [3.63, 3.8) is 0 Å². The first kappa shape index (κ1) is 18.8. The summed E-state index contributed by atoms with van der Waals surface area (Å²) in [5.74, 6) is 0.223. The van der Waals surface area contributed by atoms with Crippen LogP contribution >= 0.6 is 0 Å². The van der Waals surface area contributed by atoms with E-state index in [1.165, 1.54) is 12.5 Å². The number of carbonyl (C=O) groups is 2. The zero-order chi connectivity index (χ0) is 20.9. The number of aromatic nitrogens is 3. The van der Waals surface area contributed by atoms with Crippen molar-refractivity contribution in [3.05, 3.63) is 47.9 Å². The van der Waals surface area contributed by atoms with Crippen molar-refractivity contribution in [1.82, 2.24) is 30.1 Å². The number of fused-ring (bicyclic) bond motifs is 2. The zero-order valence-electron chi connectivity index (χ0n) is 17.0. The molecule has 2 aliphatic heterocycles. The van der Waals surface area contributed by atoms with Crippen LogP contribution in [0.5, 0.6) is 0 Å². The van der Waals surface area contributed by atoms with Gasteiger partial charge in [0.05, 0.1) is 11.8 Å².